The number of nitrogen functional groups attached to an aromatic ring is 1. The van der Waals surface area contributed by atoms with E-state index in [0.29, 0.717) is 5.69 Å². The van der Waals surface area contributed by atoms with E-state index >= 15 is 0 Å². The number of sulfone groups is 1. The van der Waals surface area contributed by atoms with Gasteiger partial charge in [-0.2, -0.15) is 0 Å². The predicted octanol–water partition coefficient (Wildman–Crippen LogP) is 0.378. The minimum atomic E-state index is -3.36. The first kappa shape index (κ1) is 8.86. The van der Waals surface area contributed by atoms with Gasteiger partial charge in [0.2, 0.25) is 0 Å². The van der Waals surface area contributed by atoms with Crippen molar-refractivity contribution in [3.05, 3.63) is 18.2 Å². The Balaban J connectivity index is 3.39. The van der Waals surface area contributed by atoms with Crippen LogP contribution in [0.3, 0.4) is 0 Å². The number of rotatable bonds is 1. The lowest BCUT2D eigenvalue weighted by molar-refractivity contribution is 0.459. The number of aromatic hydroxyl groups is 1. The van der Waals surface area contributed by atoms with Gasteiger partial charge in [0, 0.05) is 18.0 Å². The molecular weight excluding hydrogens is 178 g/mol. The van der Waals surface area contributed by atoms with E-state index in [1.165, 1.54) is 18.2 Å². The molecule has 1 aromatic rings. The van der Waals surface area contributed by atoms with E-state index in [-0.39, 0.29) is 10.6 Å². The fourth-order valence-electron chi connectivity index (χ4n) is 0.848. The molecule has 12 heavy (non-hydrogen) atoms. The molecule has 0 saturated heterocycles. The first-order chi connectivity index (χ1) is 5.41. The van der Waals surface area contributed by atoms with Crippen molar-refractivity contribution < 1.29 is 13.5 Å². The lowest BCUT2D eigenvalue weighted by atomic mass is 10.3. The minimum absolute atomic E-state index is 0.100. The van der Waals surface area contributed by atoms with Crippen LogP contribution in [0.1, 0.15) is 0 Å². The molecule has 1 rings (SSSR count). The third kappa shape index (κ3) is 1.68. The average molecular weight is 187 g/mol. The van der Waals surface area contributed by atoms with E-state index in [1.54, 1.807) is 0 Å². The Morgan fingerprint density at radius 1 is 1.42 bits per heavy atom. The molecule has 5 heteroatoms. The van der Waals surface area contributed by atoms with Crippen LogP contribution in [-0.4, -0.2) is 19.8 Å². The first-order valence-electron chi connectivity index (χ1n) is 3.20. The molecule has 0 unspecified atom stereocenters. The van der Waals surface area contributed by atoms with E-state index in [0.717, 1.165) is 6.26 Å². The maximum Gasteiger partial charge on any atom is 0.179 e. The van der Waals surface area contributed by atoms with Crippen LogP contribution in [0.25, 0.3) is 0 Å². The average Bonchev–Trinajstić information content (AvgIpc) is 1.83. The normalized spacial score (nSPS) is 11.4. The third-order valence-corrected chi connectivity index (χ3v) is 2.53. The summed E-state index contributed by atoms with van der Waals surface area (Å²) in [6.45, 7) is 0. The van der Waals surface area contributed by atoms with Gasteiger partial charge in [0.25, 0.3) is 0 Å². The van der Waals surface area contributed by atoms with Crippen LogP contribution < -0.4 is 5.73 Å². The zero-order valence-corrected chi connectivity index (χ0v) is 7.30. The van der Waals surface area contributed by atoms with Gasteiger partial charge in [-0.05, 0) is 12.1 Å². The Labute approximate surface area is 70.6 Å². The summed E-state index contributed by atoms with van der Waals surface area (Å²) in [4.78, 5) is -0.100. The van der Waals surface area contributed by atoms with Crippen molar-refractivity contribution in [2.75, 3.05) is 12.0 Å². The molecule has 0 spiro atoms. The van der Waals surface area contributed by atoms with E-state index in [9.17, 15) is 8.42 Å². The monoisotopic (exact) mass is 187 g/mol. The Morgan fingerprint density at radius 2 is 2.00 bits per heavy atom. The van der Waals surface area contributed by atoms with Crippen LogP contribution in [-0.2, 0) is 9.84 Å². The highest BCUT2D eigenvalue weighted by atomic mass is 32.2. The number of phenolic OH excluding ortho intramolecular Hbond substituents is 1. The Bertz CT molecular complexity index is 397. The molecule has 0 fully saturated rings. The van der Waals surface area contributed by atoms with Crippen molar-refractivity contribution in [2.45, 2.75) is 4.90 Å². The minimum Gasteiger partial charge on any atom is -0.507 e. The Kier molecular flexibility index (Phi) is 1.97. The van der Waals surface area contributed by atoms with Crippen LogP contribution in [0.5, 0.6) is 5.75 Å². The van der Waals surface area contributed by atoms with Gasteiger partial charge in [-0.15, -0.1) is 0 Å². The highest BCUT2D eigenvalue weighted by molar-refractivity contribution is 7.90. The number of phenols is 1. The van der Waals surface area contributed by atoms with Crippen molar-refractivity contribution in [1.29, 1.82) is 0 Å². The molecule has 0 saturated carbocycles. The van der Waals surface area contributed by atoms with Crippen molar-refractivity contribution in [3.63, 3.8) is 0 Å². The fourth-order valence-corrected chi connectivity index (χ4v) is 1.60. The molecule has 0 heterocycles. The summed E-state index contributed by atoms with van der Waals surface area (Å²) in [6, 6.07) is 3.91. The molecule has 0 aromatic heterocycles. The molecule has 0 radical (unpaired) electrons. The largest absolute Gasteiger partial charge is 0.507 e. The number of nitrogens with two attached hydrogens (primary N) is 1. The highest BCUT2D eigenvalue weighted by Gasteiger charge is 2.11. The van der Waals surface area contributed by atoms with Crippen LogP contribution in [0, 0.1) is 0 Å². The molecule has 4 nitrogen and oxygen atoms in total. The zero-order valence-electron chi connectivity index (χ0n) is 6.48. The SMILES string of the molecule is CS(=O)(=O)c1ccc(N)cc1O. The van der Waals surface area contributed by atoms with E-state index < -0.39 is 9.84 Å². The summed E-state index contributed by atoms with van der Waals surface area (Å²) in [6.07, 6.45) is 1.03. The Morgan fingerprint density at radius 3 is 2.42 bits per heavy atom. The van der Waals surface area contributed by atoms with E-state index in [4.69, 9.17) is 10.8 Å². The topological polar surface area (TPSA) is 80.4 Å². The van der Waals surface area contributed by atoms with Gasteiger partial charge in [0.05, 0.1) is 0 Å². The smallest absolute Gasteiger partial charge is 0.179 e. The summed E-state index contributed by atoms with van der Waals surface area (Å²) in [5.74, 6) is -0.308. The quantitative estimate of drug-likeness (QED) is 0.623. The first-order valence-corrected chi connectivity index (χ1v) is 5.09. The van der Waals surface area contributed by atoms with Gasteiger partial charge < -0.3 is 10.8 Å². The van der Waals surface area contributed by atoms with Gasteiger partial charge in [-0.3, -0.25) is 0 Å². The van der Waals surface area contributed by atoms with Crippen LogP contribution in [0.4, 0.5) is 5.69 Å². The lowest BCUT2D eigenvalue weighted by Crippen LogP contribution is -1.97. The van der Waals surface area contributed by atoms with Crippen molar-refractivity contribution in [1.82, 2.24) is 0 Å². The summed E-state index contributed by atoms with van der Waals surface area (Å²) >= 11 is 0. The number of benzene rings is 1. The second kappa shape index (κ2) is 2.67. The molecular formula is C7H9NO3S. The van der Waals surface area contributed by atoms with Crippen LogP contribution in [0.15, 0.2) is 23.1 Å². The second-order valence-electron chi connectivity index (χ2n) is 2.50. The second-order valence-corrected chi connectivity index (χ2v) is 4.48. The van der Waals surface area contributed by atoms with Gasteiger partial charge in [-0.25, -0.2) is 8.42 Å². The molecule has 0 bridgehead atoms. The molecule has 0 atom stereocenters. The van der Waals surface area contributed by atoms with Crippen molar-refractivity contribution in [2.24, 2.45) is 0 Å². The van der Waals surface area contributed by atoms with E-state index in [2.05, 4.69) is 0 Å². The standard InChI is InChI=1S/C7H9NO3S/c1-12(10,11)7-3-2-5(8)4-6(7)9/h2-4,9H,8H2,1H3. The summed E-state index contributed by atoms with van der Waals surface area (Å²) in [7, 11) is -3.36. The molecule has 1 aromatic carbocycles. The molecule has 66 valence electrons. The van der Waals surface area contributed by atoms with Crippen LogP contribution >= 0.6 is 0 Å². The number of hydrogen-bond donors (Lipinski definition) is 2. The summed E-state index contributed by atoms with van der Waals surface area (Å²) < 4.78 is 21.9. The molecule has 0 aliphatic carbocycles. The maximum atomic E-state index is 11.0. The molecule has 0 aliphatic rings. The Hall–Kier alpha value is -1.23. The van der Waals surface area contributed by atoms with Gasteiger partial charge in [0.15, 0.2) is 9.84 Å². The van der Waals surface area contributed by atoms with Crippen molar-refractivity contribution >= 4 is 15.5 Å². The van der Waals surface area contributed by atoms with Crippen molar-refractivity contribution in [3.8, 4) is 5.75 Å². The van der Waals surface area contributed by atoms with Gasteiger partial charge in [0.1, 0.15) is 10.6 Å². The van der Waals surface area contributed by atoms with Gasteiger partial charge in [-0.1, -0.05) is 0 Å². The lowest BCUT2D eigenvalue weighted by Gasteiger charge is -2.01. The van der Waals surface area contributed by atoms with Crippen LogP contribution in [0.2, 0.25) is 0 Å². The molecule has 3 N–H and O–H groups in total. The third-order valence-electron chi connectivity index (χ3n) is 1.38. The zero-order chi connectivity index (χ0) is 9.35. The van der Waals surface area contributed by atoms with Gasteiger partial charge >= 0.3 is 0 Å². The number of anilines is 1. The predicted molar refractivity (Wildman–Crippen MR) is 45.6 cm³/mol. The number of hydrogen-bond acceptors (Lipinski definition) is 4. The maximum absolute atomic E-state index is 11.0. The fraction of sp³-hybridized carbons (Fsp3) is 0.143. The summed E-state index contributed by atoms with van der Waals surface area (Å²) in [5.41, 5.74) is 5.65. The summed E-state index contributed by atoms with van der Waals surface area (Å²) in [5, 5.41) is 9.17. The molecule has 0 aliphatic heterocycles. The molecule has 0 amide bonds. The highest BCUT2D eigenvalue weighted by Crippen LogP contribution is 2.24. The van der Waals surface area contributed by atoms with E-state index in [1.807, 2.05) is 0 Å².